The number of aliphatic carboxylic acids is 1. The summed E-state index contributed by atoms with van der Waals surface area (Å²) in [5.74, 6) is 1.52. The lowest BCUT2D eigenvalue weighted by Crippen LogP contribution is -2.18. The molecule has 2 aromatic carbocycles. The van der Waals surface area contributed by atoms with Gasteiger partial charge in [0.2, 0.25) is 0 Å². The molecule has 2 aromatic rings. The SMILES string of the molecule is CCCCNCCCOc1c(I)cc(Oc2c(I)cc(CC(=O)O)cc2I)cc1I. The van der Waals surface area contributed by atoms with E-state index in [1.54, 1.807) is 0 Å². The Bertz CT molecular complexity index is 830. The van der Waals surface area contributed by atoms with Crippen LogP contribution in [-0.4, -0.2) is 30.8 Å². The molecule has 0 radical (unpaired) electrons. The van der Waals surface area contributed by atoms with Crippen molar-refractivity contribution >= 4 is 96.3 Å². The maximum atomic E-state index is 11.0. The van der Waals surface area contributed by atoms with E-state index >= 15 is 0 Å². The number of nitrogens with one attached hydrogen (secondary N) is 1. The number of hydrogen-bond acceptors (Lipinski definition) is 4. The van der Waals surface area contributed by atoms with Crippen LogP contribution in [0.1, 0.15) is 31.7 Å². The highest BCUT2D eigenvalue weighted by atomic mass is 127. The first kappa shape index (κ1) is 26.6. The fraction of sp³-hybridized carbons (Fsp3) is 0.381. The van der Waals surface area contributed by atoms with Gasteiger partial charge in [-0.1, -0.05) is 13.3 Å². The van der Waals surface area contributed by atoms with Gasteiger partial charge in [0.15, 0.2) is 5.75 Å². The Hall–Kier alpha value is 0.390. The molecule has 0 spiro atoms. The van der Waals surface area contributed by atoms with E-state index in [2.05, 4.69) is 103 Å². The number of hydrogen-bond donors (Lipinski definition) is 2. The molecular formula is C21H23I4NO4. The topological polar surface area (TPSA) is 67.8 Å². The summed E-state index contributed by atoms with van der Waals surface area (Å²) in [7, 11) is 0. The lowest BCUT2D eigenvalue weighted by Gasteiger charge is -2.15. The quantitative estimate of drug-likeness (QED) is 0.184. The molecule has 0 unspecified atom stereocenters. The van der Waals surface area contributed by atoms with Crippen molar-refractivity contribution in [2.24, 2.45) is 0 Å². The molecule has 0 amide bonds. The Balaban J connectivity index is 2.02. The smallest absolute Gasteiger partial charge is 0.307 e. The van der Waals surface area contributed by atoms with Gasteiger partial charge in [0.1, 0.15) is 11.5 Å². The standard InChI is InChI=1S/C21H23I4NO4/c1-2-3-5-26-6-4-7-29-20-17(24)11-14(12-18(20)25)30-21-15(22)8-13(9-16(21)23)10-19(27)28/h8-9,11-12,26H,2-7,10H2,1H3,(H,27,28). The van der Waals surface area contributed by atoms with Crippen LogP contribution in [-0.2, 0) is 11.2 Å². The third-order valence-corrected chi connectivity index (χ3v) is 7.26. The fourth-order valence-corrected chi connectivity index (χ4v) is 6.78. The predicted octanol–water partition coefficient (Wildman–Crippen LogP) is 6.68. The van der Waals surface area contributed by atoms with E-state index in [0.717, 1.165) is 56.6 Å². The molecule has 30 heavy (non-hydrogen) atoms. The number of rotatable bonds is 12. The highest BCUT2D eigenvalue weighted by Crippen LogP contribution is 2.37. The first-order chi connectivity index (χ1) is 14.3. The second kappa shape index (κ2) is 13.8. The van der Waals surface area contributed by atoms with Crippen molar-refractivity contribution in [1.29, 1.82) is 0 Å². The van der Waals surface area contributed by atoms with Gasteiger partial charge in [-0.05, 0) is 146 Å². The summed E-state index contributed by atoms with van der Waals surface area (Å²) >= 11 is 8.92. The van der Waals surface area contributed by atoms with Crippen LogP contribution >= 0.6 is 90.4 Å². The Kier molecular flexibility index (Phi) is 12.3. The zero-order valence-corrected chi connectivity index (χ0v) is 25.1. The summed E-state index contributed by atoms with van der Waals surface area (Å²) in [6.45, 7) is 4.89. The first-order valence-corrected chi connectivity index (χ1v) is 13.8. The van der Waals surface area contributed by atoms with Crippen LogP contribution in [0, 0.1) is 14.3 Å². The van der Waals surface area contributed by atoms with Gasteiger partial charge in [0, 0.05) is 0 Å². The third kappa shape index (κ3) is 8.73. The molecular weight excluding hydrogens is 838 g/mol. The van der Waals surface area contributed by atoms with Gasteiger partial charge in [-0.2, -0.15) is 0 Å². The van der Waals surface area contributed by atoms with Gasteiger partial charge in [0.25, 0.3) is 0 Å². The van der Waals surface area contributed by atoms with Gasteiger partial charge in [-0.25, -0.2) is 0 Å². The number of ether oxygens (including phenoxy) is 2. The molecule has 0 aliphatic carbocycles. The highest BCUT2D eigenvalue weighted by Gasteiger charge is 2.15. The molecule has 0 heterocycles. The van der Waals surface area contributed by atoms with E-state index in [1.165, 1.54) is 12.8 Å². The summed E-state index contributed by atoms with van der Waals surface area (Å²) in [6.07, 6.45) is 3.38. The molecule has 9 heteroatoms. The van der Waals surface area contributed by atoms with Crippen LogP contribution in [0.25, 0.3) is 0 Å². The van der Waals surface area contributed by atoms with Gasteiger partial charge in [-0.15, -0.1) is 0 Å². The van der Waals surface area contributed by atoms with Crippen LogP contribution in [0.2, 0.25) is 0 Å². The number of unbranched alkanes of at least 4 members (excludes halogenated alkanes) is 1. The normalized spacial score (nSPS) is 10.8. The molecule has 0 aliphatic heterocycles. The van der Waals surface area contributed by atoms with Crippen LogP contribution in [0.15, 0.2) is 24.3 Å². The molecule has 0 saturated heterocycles. The summed E-state index contributed by atoms with van der Waals surface area (Å²) < 4.78 is 15.9. The van der Waals surface area contributed by atoms with Crippen molar-refractivity contribution in [3.05, 3.63) is 44.1 Å². The van der Waals surface area contributed by atoms with Crippen LogP contribution in [0.5, 0.6) is 17.2 Å². The van der Waals surface area contributed by atoms with Gasteiger partial charge >= 0.3 is 5.97 Å². The number of carboxylic acids is 1. The van der Waals surface area contributed by atoms with Crippen molar-refractivity contribution in [3.63, 3.8) is 0 Å². The minimum absolute atomic E-state index is 0.00222. The maximum absolute atomic E-state index is 11.0. The summed E-state index contributed by atoms with van der Waals surface area (Å²) in [6, 6.07) is 7.64. The van der Waals surface area contributed by atoms with Gasteiger partial charge in [-0.3, -0.25) is 4.79 Å². The van der Waals surface area contributed by atoms with Crippen LogP contribution in [0.4, 0.5) is 0 Å². The minimum atomic E-state index is -0.841. The van der Waals surface area contributed by atoms with E-state index in [4.69, 9.17) is 14.6 Å². The molecule has 0 bridgehead atoms. The number of carboxylic acid groups (broad SMARTS) is 1. The molecule has 0 fully saturated rings. The van der Waals surface area contributed by atoms with Crippen molar-refractivity contribution < 1.29 is 19.4 Å². The van der Waals surface area contributed by atoms with E-state index in [-0.39, 0.29) is 6.42 Å². The minimum Gasteiger partial charge on any atom is -0.491 e. The lowest BCUT2D eigenvalue weighted by atomic mass is 10.1. The molecule has 0 saturated carbocycles. The monoisotopic (exact) mass is 861 g/mol. The van der Waals surface area contributed by atoms with Gasteiger partial charge in [0.05, 0.1) is 27.3 Å². The number of carbonyl (C=O) groups is 1. The number of halogens is 4. The van der Waals surface area contributed by atoms with Crippen molar-refractivity contribution in [3.8, 4) is 17.2 Å². The molecule has 5 nitrogen and oxygen atoms in total. The van der Waals surface area contributed by atoms with E-state index in [9.17, 15) is 4.79 Å². The number of benzene rings is 2. The Labute approximate surface area is 232 Å². The summed E-state index contributed by atoms with van der Waals surface area (Å²) in [5.41, 5.74) is 0.765. The zero-order valence-electron chi connectivity index (χ0n) is 16.4. The third-order valence-electron chi connectivity index (χ3n) is 4.06. The Morgan fingerprint density at radius 2 is 1.50 bits per heavy atom. The summed E-state index contributed by atoms with van der Waals surface area (Å²) in [5, 5.41) is 12.4. The van der Waals surface area contributed by atoms with Crippen LogP contribution in [0.3, 0.4) is 0 Å². The van der Waals surface area contributed by atoms with Crippen molar-refractivity contribution in [2.45, 2.75) is 32.6 Å². The van der Waals surface area contributed by atoms with E-state index < -0.39 is 5.97 Å². The Morgan fingerprint density at radius 3 is 2.07 bits per heavy atom. The first-order valence-electron chi connectivity index (χ1n) is 9.52. The maximum Gasteiger partial charge on any atom is 0.307 e. The Morgan fingerprint density at radius 1 is 0.933 bits per heavy atom. The molecule has 164 valence electrons. The second-order valence-electron chi connectivity index (χ2n) is 6.58. The predicted molar refractivity (Wildman–Crippen MR) is 153 cm³/mol. The highest BCUT2D eigenvalue weighted by molar-refractivity contribution is 14.1. The molecule has 0 atom stereocenters. The fourth-order valence-electron chi connectivity index (χ4n) is 2.64. The second-order valence-corrected chi connectivity index (χ2v) is 11.2. The average molecular weight is 861 g/mol. The molecule has 2 N–H and O–H groups in total. The summed E-state index contributed by atoms with van der Waals surface area (Å²) in [4.78, 5) is 11.0. The zero-order chi connectivity index (χ0) is 22.1. The van der Waals surface area contributed by atoms with Crippen molar-refractivity contribution in [1.82, 2.24) is 5.32 Å². The molecule has 0 aromatic heterocycles. The molecule has 0 aliphatic rings. The van der Waals surface area contributed by atoms with Gasteiger partial charge < -0.3 is 19.9 Å². The van der Waals surface area contributed by atoms with E-state index in [0.29, 0.717) is 6.61 Å². The van der Waals surface area contributed by atoms with Crippen LogP contribution < -0.4 is 14.8 Å². The average Bonchev–Trinajstić information content (AvgIpc) is 2.65. The molecule has 2 rings (SSSR count). The lowest BCUT2D eigenvalue weighted by molar-refractivity contribution is -0.136. The van der Waals surface area contributed by atoms with E-state index in [1.807, 2.05) is 24.3 Å². The van der Waals surface area contributed by atoms with Crippen molar-refractivity contribution in [2.75, 3.05) is 19.7 Å². The largest absolute Gasteiger partial charge is 0.491 e.